The van der Waals surface area contributed by atoms with Gasteiger partial charge in [0.1, 0.15) is 0 Å². The molecule has 0 radical (unpaired) electrons. The summed E-state index contributed by atoms with van der Waals surface area (Å²) in [7, 11) is 1.81. The van der Waals surface area contributed by atoms with E-state index < -0.39 is 0 Å². The lowest BCUT2D eigenvalue weighted by molar-refractivity contribution is -0.129. The first-order chi connectivity index (χ1) is 9.56. The third-order valence-electron chi connectivity index (χ3n) is 2.69. The number of hydrogen-bond donors (Lipinski definition) is 1. The first-order valence-electron chi connectivity index (χ1n) is 6.11. The van der Waals surface area contributed by atoms with Crippen LogP contribution >= 0.6 is 23.1 Å². The largest absolute Gasteiger partial charge is 0.374 e. The number of benzene rings is 1. The van der Waals surface area contributed by atoms with E-state index in [1.54, 1.807) is 11.9 Å². The second-order valence-corrected chi connectivity index (χ2v) is 6.94. The Morgan fingerprint density at radius 1 is 1.40 bits per heavy atom. The van der Waals surface area contributed by atoms with Crippen molar-refractivity contribution < 1.29 is 4.79 Å². The van der Waals surface area contributed by atoms with Crippen molar-refractivity contribution in [3.63, 3.8) is 0 Å². The first-order valence-corrected chi connectivity index (χ1v) is 7.80. The second-order valence-electron chi connectivity index (χ2n) is 4.35. The van der Waals surface area contributed by atoms with Crippen molar-refractivity contribution in [1.82, 2.24) is 15.1 Å². The van der Waals surface area contributed by atoms with Crippen LogP contribution in [0.5, 0.6) is 0 Å². The molecular formula is C13H16N4OS2. The number of amides is 1. The Morgan fingerprint density at radius 2 is 2.10 bits per heavy atom. The molecule has 7 heteroatoms. The number of rotatable bonds is 5. The standard InChI is InChI=1S/C13H16N4OS2/c1-9(19-13-16-15-12(14)20-13)11(18)17(2)8-10-6-4-3-5-7-10/h3-7,9H,8H2,1-2H3,(H2,14,15)/t9-/m1/s1. The summed E-state index contributed by atoms with van der Waals surface area (Å²) in [5.74, 6) is 0.0626. The molecule has 0 unspecified atom stereocenters. The molecule has 2 N–H and O–H groups in total. The molecule has 2 rings (SSSR count). The van der Waals surface area contributed by atoms with Crippen molar-refractivity contribution in [3.05, 3.63) is 35.9 Å². The van der Waals surface area contributed by atoms with Crippen LogP contribution in [0.1, 0.15) is 12.5 Å². The molecule has 1 amide bonds. The zero-order valence-electron chi connectivity index (χ0n) is 11.3. The minimum Gasteiger partial charge on any atom is -0.374 e. The Morgan fingerprint density at radius 3 is 2.70 bits per heavy atom. The van der Waals surface area contributed by atoms with E-state index in [0.29, 0.717) is 11.7 Å². The lowest BCUT2D eigenvalue weighted by atomic mass is 10.2. The fraction of sp³-hybridized carbons (Fsp3) is 0.308. The van der Waals surface area contributed by atoms with Gasteiger partial charge in [0.2, 0.25) is 11.0 Å². The molecule has 5 nitrogen and oxygen atoms in total. The molecule has 0 aliphatic rings. The van der Waals surface area contributed by atoms with E-state index in [9.17, 15) is 4.79 Å². The number of carbonyl (C=O) groups excluding carboxylic acids is 1. The number of anilines is 1. The Kier molecular flexibility index (Phi) is 4.97. The summed E-state index contributed by atoms with van der Waals surface area (Å²) in [5.41, 5.74) is 6.64. The molecule has 0 saturated carbocycles. The van der Waals surface area contributed by atoms with Gasteiger partial charge in [-0.3, -0.25) is 4.79 Å². The van der Waals surface area contributed by atoms with Gasteiger partial charge in [0.15, 0.2) is 4.34 Å². The molecule has 1 aromatic carbocycles. The smallest absolute Gasteiger partial charge is 0.235 e. The minimum atomic E-state index is -0.212. The van der Waals surface area contributed by atoms with Gasteiger partial charge in [0.05, 0.1) is 5.25 Å². The fourth-order valence-electron chi connectivity index (χ4n) is 1.72. The number of hydrogen-bond acceptors (Lipinski definition) is 6. The third-order valence-corrected chi connectivity index (χ3v) is 4.61. The highest BCUT2D eigenvalue weighted by Gasteiger charge is 2.20. The number of aromatic nitrogens is 2. The summed E-state index contributed by atoms with van der Waals surface area (Å²) < 4.78 is 0.719. The molecule has 0 aliphatic heterocycles. The maximum atomic E-state index is 12.3. The van der Waals surface area contributed by atoms with Crippen molar-refractivity contribution in [1.29, 1.82) is 0 Å². The Balaban J connectivity index is 1.92. The molecule has 20 heavy (non-hydrogen) atoms. The number of nitrogens with two attached hydrogens (primary N) is 1. The molecule has 1 aromatic heterocycles. The molecule has 106 valence electrons. The average molecular weight is 308 g/mol. The van der Waals surface area contributed by atoms with Crippen LogP contribution in [0.25, 0.3) is 0 Å². The highest BCUT2D eigenvalue weighted by atomic mass is 32.2. The van der Waals surface area contributed by atoms with Crippen LogP contribution in [0, 0.1) is 0 Å². The molecule has 1 atom stereocenters. The van der Waals surface area contributed by atoms with Gasteiger partial charge in [0.25, 0.3) is 0 Å². The van der Waals surface area contributed by atoms with Crippen molar-refractivity contribution in [2.24, 2.45) is 0 Å². The Bertz CT molecular complexity index is 573. The summed E-state index contributed by atoms with van der Waals surface area (Å²) in [4.78, 5) is 14.0. The van der Waals surface area contributed by atoms with E-state index in [2.05, 4.69) is 10.2 Å². The van der Waals surface area contributed by atoms with Gasteiger partial charge in [-0.15, -0.1) is 10.2 Å². The van der Waals surface area contributed by atoms with E-state index in [4.69, 9.17) is 5.73 Å². The monoisotopic (exact) mass is 308 g/mol. The van der Waals surface area contributed by atoms with Crippen molar-refractivity contribution in [2.75, 3.05) is 12.8 Å². The number of nitrogens with zero attached hydrogens (tertiary/aromatic N) is 3. The van der Waals surface area contributed by atoms with Gasteiger partial charge in [-0.05, 0) is 12.5 Å². The molecule has 0 saturated heterocycles. The quantitative estimate of drug-likeness (QED) is 0.858. The lowest BCUT2D eigenvalue weighted by Crippen LogP contribution is -2.32. The zero-order valence-corrected chi connectivity index (χ0v) is 12.9. The Hall–Kier alpha value is -1.60. The van der Waals surface area contributed by atoms with Crippen LogP contribution in [0.15, 0.2) is 34.7 Å². The SMILES string of the molecule is C[C@@H](Sc1nnc(N)s1)C(=O)N(C)Cc1ccccc1. The first kappa shape index (κ1) is 14.8. The maximum absolute atomic E-state index is 12.3. The maximum Gasteiger partial charge on any atom is 0.235 e. The van der Waals surface area contributed by atoms with E-state index >= 15 is 0 Å². The van der Waals surface area contributed by atoms with E-state index in [0.717, 1.165) is 9.90 Å². The fourth-order valence-corrected chi connectivity index (χ4v) is 3.61. The number of carbonyl (C=O) groups is 1. The van der Waals surface area contributed by atoms with Crippen molar-refractivity contribution in [3.8, 4) is 0 Å². The van der Waals surface area contributed by atoms with Gasteiger partial charge in [-0.25, -0.2) is 0 Å². The van der Waals surface area contributed by atoms with Crippen LogP contribution in [0.2, 0.25) is 0 Å². The van der Waals surface area contributed by atoms with Gasteiger partial charge < -0.3 is 10.6 Å². The van der Waals surface area contributed by atoms with E-state index in [1.807, 2.05) is 37.3 Å². The van der Waals surface area contributed by atoms with Gasteiger partial charge in [-0.2, -0.15) is 0 Å². The number of thioether (sulfide) groups is 1. The summed E-state index contributed by atoms with van der Waals surface area (Å²) in [6.07, 6.45) is 0. The molecule has 2 aromatic rings. The highest BCUT2D eigenvalue weighted by Crippen LogP contribution is 2.28. The van der Waals surface area contributed by atoms with Crippen LogP contribution in [-0.4, -0.2) is 33.3 Å². The van der Waals surface area contributed by atoms with Crippen LogP contribution in [0.3, 0.4) is 0 Å². The molecule has 0 spiro atoms. The summed E-state index contributed by atoms with van der Waals surface area (Å²) in [6, 6.07) is 9.91. The summed E-state index contributed by atoms with van der Waals surface area (Å²) in [6.45, 7) is 2.47. The van der Waals surface area contributed by atoms with Crippen LogP contribution in [0.4, 0.5) is 5.13 Å². The molecule has 0 bridgehead atoms. The Labute approximate surface area is 126 Å². The number of nitrogen functional groups attached to an aromatic ring is 1. The lowest BCUT2D eigenvalue weighted by Gasteiger charge is -2.20. The molecular weight excluding hydrogens is 292 g/mol. The molecule has 1 heterocycles. The van der Waals surface area contributed by atoms with Crippen LogP contribution < -0.4 is 5.73 Å². The zero-order chi connectivity index (χ0) is 14.5. The molecule has 0 aliphatic carbocycles. The summed E-state index contributed by atoms with van der Waals surface area (Å²) >= 11 is 2.68. The van der Waals surface area contributed by atoms with Crippen LogP contribution in [-0.2, 0) is 11.3 Å². The highest BCUT2D eigenvalue weighted by molar-refractivity contribution is 8.02. The van der Waals surface area contributed by atoms with Gasteiger partial charge >= 0.3 is 0 Å². The van der Waals surface area contributed by atoms with E-state index in [1.165, 1.54) is 23.1 Å². The topological polar surface area (TPSA) is 72.1 Å². The predicted octanol–water partition coefficient (Wildman–Crippen LogP) is 2.26. The van der Waals surface area contributed by atoms with Gasteiger partial charge in [0, 0.05) is 13.6 Å². The molecule has 0 fully saturated rings. The average Bonchev–Trinajstić information content (AvgIpc) is 2.84. The van der Waals surface area contributed by atoms with Gasteiger partial charge in [-0.1, -0.05) is 53.4 Å². The van der Waals surface area contributed by atoms with E-state index in [-0.39, 0.29) is 11.2 Å². The van der Waals surface area contributed by atoms with Crippen molar-refractivity contribution in [2.45, 2.75) is 23.1 Å². The van der Waals surface area contributed by atoms with Crippen molar-refractivity contribution >= 4 is 34.1 Å². The third kappa shape index (κ3) is 3.94. The predicted molar refractivity (Wildman–Crippen MR) is 82.6 cm³/mol. The normalized spacial score (nSPS) is 12.1. The summed E-state index contributed by atoms with van der Waals surface area (Å²) in [5, 5.41) is 7.87. The second kappa shape index (κ2) is 6.71. The minimum absolute atomic E-state index is 0.0626.